The normalized spacial score (nSPS) is 13.8. The van der Waals surface area contributed by atoms with Gasteiger partial charge in [0.1, 0.15) is 6.20 Å². The minimum atomic E-state index is 1.17. The van der Waals surface area contributed by atoms with Gasteiger partial charge in [0.25, 0.3) is 5.82 Å². The second kappa shape index (κ2) is 4.97. The van der Waals surface area contributed by atoms with Crippen LogP contribution in [-0.2, 0) is 19.5 Å². The fraction of sp³-hybridized carbons (Fsp3) is 0.438. The van der Waals surface area contributed by atoms with E-state index in [1.165, 1.54) is 55.9 Å². The lowest BCUT2D eigenvalue weighted by Gasteiger charge is -1.97. The smallest absolute Gasteiger partial charge is 0.234 e. The number of hydrogen-bond donors (Lipinski definition) is 0. The molecule has 1 aromatic carbocycles. The van der Waals surface area contributed by atoms with Crippen molar-refractivity contribution in [1.82, 2.24) is 4.57 Å². The lowest BCUT2D eigenvalue weighted by molar-refractivity contribution is -0.703. The van der Waals surface area contributed by atoms with Gasteiger partial charge in [-0.1, -0.05) is 43.7 Å². The molecule has 0 bridgehead atoms. The van der Waals surface area contributed by atoms with Gasteiger partial charge >= 0.3 is 0 Å². The summed E-state index contributed by atoms with van der Waals surface area (Å²) in [5.74, 6) is 1.52. The predicted octanol–water partition coefficient (Wildman–Crippen LogP) is 3.19. The van der Waals surface area contributed by atoms with Crippen LogP contribution < -0.4 is 4.57 Å². The van der Waals surface area contributed by atoms with Gasteiger partial charge in [0, 0.05) is 5.56 Å². The SMILES string of the molecule is CCCC[n+]1cc(-c2ccccc2)n2c1CCC2. The molecule has 1 aliphatic rings. The summed E-state index contributed by atoms with van der Waals surface area (Å²) in [4.78, 5) is 0. The molecule has 3 rings (SSSR count). The fourth-order valence-corrected chi connectivity index (χ4v) is 2.87. The molecule has 18 heavy (non-hydrogen) atoms. The summed E-state index contributed by atoms with van der Waals surface area (Å²) in [6.45, 7) is 4.60. The molecule has 0 saturated heterocycles. The molecule has 1 aromatic heterocycles. The number of aromatic nitrogens is 2. The quantitative estimate of drug-likeness (QED) is 0.727. The van der Waals surface area contributed by atoms with E-state index in [0.29, 0.717) is 0 Å². The highest BCUT2D eigenvalue weighted by Crippen LogP contribution is 2.24. The van der Waals surface area contributed by atoms with Crippen LogP contribution in [0.25, 0.3) is 11.3 Å². The molecule has 0 saturated carbocycles. The van der Waals surface area contributed by atoms with Crippen LogP contribution in [0.2, 0.25) is 0 Å². The molecule has 0 fully saturated rings. The molecular formula is C16H21N2+. The highest BCUT2D eigenvalue weighted by atomic mass is 15.2. The van der Waals surface area contributed by atoms with Crippen molar-refractivity contribution in [3.8, 4) is 11.3 Å². The molecule has 0 atom stereocenters. The standard InChI is InChI=1S/C16H21N2/c1-2-3-11-17-13-15(14-8-5-4-6-9-14)18-12-7-10-16(17)18/h4-6,8-9,13H,2-3,7,10-12H2,1H3/q+1. The van der Waals surface area contributed by atoms with E-state index in [9.17, 15) is 0 Å². The first-order chi connectivity index (χ1) is 8.90. The lowest BCUT2D eigenvalue weighted by Crippen LogP contribution is -2.35. The van der Waals surface area contributed by atoms with E-state index < -0.39 is 0 Å². The summed E-state index contributed by atoms with van der Waals surface area (Å²) in [6, 6.07) is 10.8. The van der Waals surface area contributed by atoms with Crippen molar-refractivity contribution in [2.24, 2.45) is 0 Å². The second-order valence-electron chi connectivity index (χ2n) is 5.10. The molecule has 0 aliphatic carbocycles. The van der Waals surface area contributed by atoms with Gasteiger partial charge in [-0.05, 0) is 12.8 Å². The first-order valence-corrected chi connectivity index (χ1v) is 7.07. The zero-order chi connectivity index (χ0) is 12.4. The number of nitrogens with zero attached hydrogens (tertiary/aromatic N) is 2. The van der Waals surface area contributed by atoms with Gasteiger partial charge < -0.3 is 0 Å². The number of benzene rings is 1. The van der Waals surface area contributed by atoms with E-state index >= 15 is 0 Å². The van der Waals surface area contributed by atoms with E-state index in [1.54, 1.807) is 0 Å². The Morgan fingerprint density at radius 2 is 2.06 bits per heavy atom. The van der Waals surface area contributed by atoms with Gasteiger partial charge in [0.05, 0.1) is 19.5 Å². The molecule has 0 spiro atoms. The van der Waals surface area contributed by atoms with Gasteiger partial charge in [-0.3, -0.25) is 0 Å². The molecule has 0 unspecified atom stereocenters. The van der Waals surface area contributed by atoms with Crippen LogP contribution in [0.1, 0.15) is 32.0 Å². The first kappa shape index (κ1) is 11.5. The second-order valence-corrected chi connectivity index (χ2v) is 5.10. The van der Waals surface area contributed by atoms with Crippen molar-refractivity contribution >= 4 is 0 Å². The van der Waals surface area contributed by atoms with Crippen molar-refractivity contribution in [1.29, 1.82) is 0 Å². The summed E-state index contributed by atoms with van der Waals surface area (Å²) in [5, 5.41) is 0. The minimum Gasteiger partial charge on any atom is -0.234 e. The van der Waals surface area contributed by atoms with Crippen LogP contribution in [0.5, 0.6) is 0 Å². The Balaban J connectivity index is 2.01. The van der Waals surface area contributed by atoms with Gasteiger partial charge in [0.15, 0.2) is 5.69 Å². The van der Waals surface area contributed by atoms with Gasteiger partial charge in [-0.2, -0.15) is 0 Å². The van der Waals surface area contributed by atoms with Crippen LogP contribution >= 0.6 is 0 Å². The summed E-state index contributed by atoms with van der Waals surface area (Å²) in [7, 11) is 0. The van der Waals surface area contributed by atoms with Gasteiger partial charge in [-0.15, -0.1) is 0 Å². The molecule has 2 heteroatoms. The molecule has 0 N–H and O–H groups in total. The van der Waals surface area contributed by atoms with Crippen LogP contribution in [-0.4, -0.2) is 4.57 Å². The number of fused-ring (bicyclic) bond motifs is 1. The fourth-order valence-electron chi connectivity index (χ4n) is 2.87. The maximum atomic E-state index is 2.50. The molecule has 1 aliphatic heterocycles. The Bertz CT molecular complexity index is 526. The zero-order valence-corrected chi connectivity index (χ0v) is 11.1. The number of unbranched alkanes of at least 4 members (excludes halogenated alkanes) is 1. The lowest BCUT2D eigenvalue weighted by atomic mass is 10.2. The Hall–Kier alpha value is -1.57. The predicted molar refractivity (Wildman–Crippen MR) is 73.3 cm³/mol. The Morgan fingerprint density at radius 1 is 1.22 bits per heavy atom. The summed E-state index contributed by atoms with van der Waals surface area (Å²) in [6.07, 6.45) is 7.41. The van der Waals surface area contributed by atoms with Gasteiger partial charge in [0.2, 0.25) is 0 Å². The van der Waals surface area contributed by atoms with E-state index in [4.69, 9.17) is 0 Å². The van der Waals surface area contributed by atoms with E-state index in [0.717, 1.165) is 0 Å². The number of aryl methyl sites for hydroxylation is 1. The van der Waals surface area contributed by atoms with Gasteiger partial charge in [-0.25, -0.2) is 9.13 Å². The molecule has 2 heterocycles. The Morgan fingerprint density at radius 3 is 2.83 bits per heavy atom. The largest absolute Gasteiger partial charge is 0.257 e. The van der Waals surface area contributed by atoms with E-state index in [2.05, 4.69) is 52.6 Å². The third-order valence-electron chi connectivity index (χ3n) is 3.82. The third-order valence-corrected chi connectivity index (χ3v) is 3.82. The minimum absolute atomic E-state index is 1.17. The van der Waals surface area contributed by atoms with E-state index in [-0.39, 0.29) is 0 Å². The van der Waals surface area contributed by atoms with Crippen molar-refractivity contribution in [2.45, 2.75) is 45.7 Å². The first-order valence-electron chi connectivity index (χ1n) is 7.07. The highest BCUT2D eigenvalue weighted by molar-refractivity contribution is 5.58. The summed E-state index contributed by atoms with van der Waals surface area (Å²) < 4.78 is 4.98. The van der Waals surface area contributed by atoms with Crippen molar-refractivity contribution in [3.05, 3.63) is 42.4 Å². The molecule has 94 valence electrons. The van der Waals surface area contributed by atoms with Crippen LogP contribution in [0.3, 0.4) is 0 Å². The topological polar surface area (TPSA) is 8.81 Å². The Kier molecular flexibility index (Phi) is 3.18. The van der Waals surface area contributed by atoms with Crippen LogP contribution in [0.15, 0.2) is 36.5 Å². The number of rotatable bonds is 4. The summed E-state index contributed by atoms with van der Waals surface area (Å²) in [5.41, 5.74) is 2.73. The molecule has 2 aromatic rings. The maximum absolute atomic E-state index is 2.50. The summed E-state index contributed by atoms with van der Waals surface area (Å²) >= 11 is 0. The average molecular weight is 241 g/mol. The molecule has 0 radical (unpaired) electrons. The maximum Gasteiger partial charge on any atom is 0.257 e. The van der Waals surface area contributed by atoms with E-state index in [1.807, 2.05) is 0 Å². The number of hydrogen-bond acceptors (Lipinski definition) is 0. The monoisotopic (exact) mass is 241 g/mol. The third kappa shape index (κ3) is 1.96. The Labute approximate surface area is 109 Å². The van der Waals surface area contributed by atoms with Crippen LogP contribution in [0, 0.1) is 0 Å². The molecule has 0 amide bonds. The van der Waals surface area contributed by atoms with Crippen molar-refractivity contribution in [2.75, 3.05) is 0 Å². The molecule has 2 nitrogen and oxygen atoms in total. The zero-order valence-electron chi connectivity index (χ0n) is 11.1. The number of imidazole rings is 1. The van der Waals surface area contributed by atoms with Crippen molar-refractivity contribution < 1.29 is 4.57 Å². The van der Waals surface area contributed by atoms with Crippen molar-refractivity contribution in [3.63, 3.8) is 0 Å². The average Bonchev–Trinajstić information content (AvgIpc) is 3.00. The van der Waals surface area contributed by atoms with Crippen LogP contribution in [0.4, 0.5) is 0 Å². The highest BCUT2D eigenvalue weighted by Gasteiger charge is 2.27. The molecular weight excluding hydrogens is 220 g/mol.